The molecule has 3 aliphatic heterocycles. The minimum Gasteiger partial charge on any atom is -0.301 e. The molecule has 5 heterocycles. The van der Waals surface area contributed by atoms with E-state index in [1.54, 1.807) is 23.5 Å². The second kappa shape index (κ2) is 12.9. The van der Waals surface area contributed by atoms with Gasteiger partial charge in [-0.1, -0.05) is 29.8 Å². The van der Waals surface area contributed by atoms with Crippen molar-refractivity contribution in [2.45, 2.75) is 46.2 Å². The summed E-state index contributed by atoms with van der Waals surface area (Å²) in [4.78, 5) is 36.4. The maximum atomic E-state index is 15.1. The van der Waals surface area contributed by atoms with Crippen LogP contribution in [0, 0.1) is 26.6 Å². The number of aryl methyl sites for hydroxylation is 2. The second-order valence-electron chi connectivity index (χ2n) is 12.3. The normalized spacial score (nSPS) is 18.9. The van der Waals surface area contributed by atoms with Gasteiger partial charge >= 0.3 is 6.03 Å². The molecule has 10 nitrogen and oxygen atoms in total. The molecule has 244 valence electrons. The van der Waals surface area contributed by atoms with E-state index in [2.05, 4.69) is 43.7 Å². The van der Waals surface area contributed by atoms with Gasteiger partial charge < -0.3 is 4.90 Å². The van der Waals surface area contributed by atoms with Crippen LogP contribution in [0.3, 0.4) is 0 Å². The van der Waals surface area contributed by atoms with Gasteiger partial charge in [0.1, 0.15) is 22.7 Å². The number of amides is 3. The highest BCUT2D eigenvalue weighted by atomic mass is 35.5. The lowest BCUT2D eigenvalue weighted by Crippen LogP contribution is -2.49. The fourth-order valence-corrected chi connectivity index (χ4v) is 7.89. The largest absolute Gasteiger partial charge is 0.328 e. The maximum Gasteiger partial charge on any atom is 0.328 e. The average molecular weight is 675 g/mol. The summed E-state index contributed by atoms with van der Waals surface area (Å²) in [6, 6.07) is 12.1. The predicted octanol–water partition coefficient (Wildman–Crippen LogP) is 5.59. The van der Waals surface area contributed by atoms with Crippen LogP contribution in [0.5, 0.6) is 0 Å². The van der Waals surface area contributed by atoms with Crippen molar-refractivity contribution in [2.75, 3.05) is 44.2 Å². The van der Waals surface area contributed by atoms with Gasteiger partial charge in [0.05, 0.1) is 5.71 Å². The molecule has 3 aliphatic rings. The van der Waals surface area contributed by atoms with Gasteiger partial charge in [-0.25, -0.2) is 9.18 Å². The standard InChI is InChI=1S/C34H36ClFN8O2S/c1-20-21(2)47-33-30(20)31(23-4-7-25(35)8-5-23)37-28(32-40-39-22(3)44(32)33)10-12-41-14-16-42(17-15-41)19-24-6-9-26(18-27(24)36)43-13-11-29(45)38-34(43)46/h4-9,18,28H,10-17,19H2,1-3H3,(H,38,45,46)/t28-/m0/s1. The number of aliphatic imine (C=N–C) groups is 1. The Morgan fingerprint density at radius 1 is 0.979 bits per heavy atom. The number of halogens is 2. The molecule has 2 saturated heterocycles. The number of fused-ring (bicyclic) bond motifs is 3. The van der Waals surface area contributed by atoms with E-state index in [4.69, 9.17) is 16.6 Å². The SMILES string of the molecule is Cc1sc2c(c1C)C(c1ccc(Cl)cc1)=N[C@@H](CCN1CCN(Cc3ccc(N4CCC(=O)NC4=O)cc3F)CC1)c1nnc(C)n1-2. The molecule has 0 aliphatic carbocycles. The zero-order valence-corrected chi connectivity index (χ0v) is 28.2. The number of anilines is 1. The third-order valence-electron chi connectivity index (χ3n) is 9.34. The molecule has 0 bridgehead atoms. The maximum absolute atomic E-state index is 15.1. The monoisotopic (exact) mass is 674 g/mol. The Morgan fingerprint density at radius 3 is 2.45 bits per heavy atom. The Hall–Kier alpha value is -3.97. The fourth-order valence-electron chi connectivity index (χ4n) is 6.55. The van der Waals surface area contributed by atoms with Crippen molar-refractivity contribution in [1.82, 2.24) is 29.9 Å². The Kier molecular flexibility index (Phi) is 8.69. The van der Waals surface area contributed by atoms with Gasteiger partial charge in [-0.05, 0) is 57.0 Å². The van der Waals surface area contributed by atoms with Gasteiger partial charge in [0.2, 0.25) is 5.91 Å². The first-order valence-electron chi connectivity index (χ1n) is 15.9. The summed E-state index contributed by atoms with van der Waals surface area (Å²) in [5.74, 6) is 1.05. The van der Waals surface area contributed by atoms with Crippen molar-refractivity contribution >= 4 is 46.3 Å². The number of hydrogen-bond donors (Lipinski definition) is 1. The first-order valence-corrected chi connectivity index (χ1v) is 17.1. The highest BCUT2D eigenvalue weighted by molar-refractivity contribution is 7.15. The van der Waals surface area contributed by atoms with Crippen molar-refractivity contribution in [1.29, 1.82) is 0 Å². The molecule has 2 aromatic heterocycles. The third kappa shape index (κ3) is 6.22. The van der Waals surface area contributed by atoms with E-state index in [0.717, 1.165) is 72.6 Å². The molecule has 4 aromatic rings. The summed E-state index contributed by atoms with van der Waals surface area (Å²) in [5, 5.41) is 13.2. The van der Waals surface area contributed by atoms with E-state index in [9.17, 15) is 9.59 Å². The zero-order chi connectivity index (χ0) is 32.8. The van der Waals surface area contributed by atoms with Crippen molar-refractivity contribution in [3.05, 3.63) is 92.1 Å². The molecular formula is C34H36ClFN8O2S. The van der Waals surface area contributed by atoms with Crippen molar-refractivity contribution in [3.63, 3.8) is 0 Å². The van der Waals surface area contributed by atoms with E-state index in [0.29, 0.717) is 22.8 Å². The quantitative estimate of drug-likeness (QED) is 0.274. The number of imide groups is 1. The van der Waals surface area contributed by atoms with E-state index in [1.165, 1.54) is 21.4 Å². The summed E-state index contributed by atoms with van der Waals surface area (Å²) in [6.07, 6.45) is 0.985. The molecule has 1 atom stereocenters. The molecule has 0 unspecified atom stereocenters. The number of nitrogens with zero attached hydrogens (tertiary/aromatic N) is 7. The molecule has 0 radical (unpaired) electrons. The second-order valence-corrected chi connectivity index (χ2v) is 14.0. The Balaban J connectivity index is 1.03. The van der Waals surface area contributed by atoms with E-state index < -0.39 is 6.03 Å². The Morgan fingerprint density at radius 2 is 1.72 bits per heavy atom. The molecule has 7 rings (SSSR count). The molecule has 2 fully saturated rings. The van der Waals surface area contributed by atoms with Crippen LogP contribution in [-0.2, 0) is 11.3 Å². The molecule has 2 aromatic carbocycles. The minimum absolute atomic E-state index is 0.174. The molecule has 47 heavy (non-hydrogen) atoms. The van der Waals surface area contributed by atoms with Crippen LogP contribution in [0.25, 0.3) is 5.00 Å². The molecular weight excluding hydrogens is 639 g/mol. The van der Waals surface area contributed by atoms with Gasteiger partial charge in [-0.3, -0.25) is 29.5 Å². The highest BCUT2D eigenvalue weighted by Crippen LogP contribution is 2.39. The van der Waals surface area contributed by atoms with Gasteiger partial charge in [0.15, 0.2) is 5.82 Å². The smallest absolute Gasteiger partial charge is 0.301 e. The topological polar surface area (TPSA) is 99.0 Å². The van der Waals surface area contributed by atoms with E-state index >= 15 is 4.39 Å². The van der Waals surface area contributed by atoms with Gasteiger partial charge in [0.25, 0.3) is 0 Å². The van der Waals surface area contributed by atoms with Gasteiger partial charge in [-0.15, -0.1) is 21.5 Å². The van der Waals surface area contributed by atoms with Crippen molar-refractivity contribution in [2.24, 2.45) is 4.99 Å². The number of piperazine rings is 1. The number of urea groups is 1. The van der Waals surface area contributed by atoms with Crippen LogP contribution in [0.15, 0.2) is 47.5 Å². The van der Waals surface area contributed by atoms with E-state index in [1.807, 2.05) is 31.2 Å². The number of aromatic nitrogens is 3. The lowest BCUT2D eigenvalue weighted by atomic mass is 9.99. The fraction of sp³-hybridized carbons (Fsp3) is 0.382. The summed E-state index contributed by atoms with van der Waals surface area (Å²) >= 11 is 8.01. The van der Waals surface area contributed by atoms with Gasteiger partial charge in [0, 0.05) is 84.5 Å². The lowest BCUT2D eigenvalue weighted by molar-refractivity contribution is -0.120. The third-order valence-corrected chi connectivity index (χ3v) is 10.8. The number of carbonyl (C=O) groups excluding carboxylic acids is 2. The number of hydrogen-bond acceptors (Lipinski definition) is 8. The van der Waals surface area contributed by atoms with Crippen LogP contribution < -0.4 is 10.2 Å². The Bertz CT molecular complexity index is 1880. The van der Waals surface area contributed by atoms with Crippen LogP contribution in [0.1, 0.15) is 57.7 Å². The number of nitrogens with one attached hydrogen (secondary N) is 1. The van der Waals surface area contributed by atoms with Crippen LogP contribution in [0.4, 0.5) is 14.9 Å². The molecule has 13 heteroatoms. The van der Waals surface area contributed by atoms with Crippen molar-refractivity contribution in [3.8, 4) is 5.00 Å². The first-order chi connectivity index (χ1) is 22.7. The summed E-state index contributed by atoms with van der Waals surface area (Å²) < 4.78 is 17.3. The number of rotatable bonds is 7. The predicted molar refractivity (Wildman–Crippen MR) is 182 cm³/mol. The minimum atomic E-state index is -0.517. The lowest BCUT2D eigenvalue weighted by Gasteiger charge is -2.35. The number of carbonyl (C=O) groups is 2. The Labute approximate surface area is 281 Å². The van der Waals surface area contributed by atoms with E-state index in [-0.39, 0.29) is 30.7 Å². The summed E-state index contributed by atoms with van der Waals surface area (Å²) in [6.45, 7) is 11.2. The molecule has 0 spiro atoms. The molecule has 1 N–H and O–H groups in total. The molecule has 3 amide bonds. The van der Waals surface area contributed by atoms with Crippen LogP contribution in [0.2, 0.25) is 5.02 Å². The number of benzene rings is 2. The van der Waals surface area contributed by atoms with Crippen LogP contribution >= 0.6 is 22.9 Å². The summed E-state index contributed by atoms with van der Waals surface area (Å²) in [7, 11) is 0. The van der Waals surface area contributed by atoms with Gasteiger partial charge in [-0.2, -0.15) is 0 Å². The summed E-state index contributed by atoms with van der Waals surface area (Å²) in [5.41, 5.74) is 5.37. The molecule has 0 saturated carbocycles. The number of thiophene rings is 1. The highest BCUT2D eigenvalue weighted by Gasteiger charge is 2.32. The van der Waals surface area contributed by atoms with Crippen LogP contribution in [-0.4, -0.2) is 81.5 Å². The average Bonchev–Trinajstić information content (AvgIpc) is 3.53. The zero-order valence-electron chi connectivity index (χ0n) is 26.6. The first kappa shape index (κ1) is 31.6. The van der Waals surface area contributed by atoms with Crippen molar-refractivity contribution < 1.29 is 14.0 Å².